The van der Waals surface area contributed by atoms with Crippen molar-refractivity contribution in [3.63, 3.8) is 0 Å². The first-order valence-corrected chi connectivity index (χ1v) is 11.7. The second kappa shape index (κ2) is 8.25. The van der Waals surface area contributed by atoms with E-state index in [4.69, 9.17) is 17.3 Å². The van der Waals surface area contributed by atoms with E-state index in [0.29, 0.717) is 33.8 Å². The normalized spacial score (nSPS) is 15.8. The molecule has 3 aromatic heterocycles. The highest BCUT2D eigenvalue weighted by Gasteiger charge is 2.32. The maximum absolute atomic E-state index is 13.9. The maximum Gasteiger partial charge on any atom is 0.264 e. The van der Waals surface area contributed by atoms with E-state index in [1.807, 2.05) is 48.5 Å². The summed E-state index contributed by atoms with van der Waals surface area (Å²) in [5.74, 6) is 0.542. The number of halogens is 1. The smallest absolute Gasteiger partial charge is 0.264 e. The van der Waals surface area contributed by atoms with Crippen molar-refractivity contribution in [2.45, 2.75) is 18.9 Å². The van der Waals surface area contributed by atoms with E-state index >= 15 is 0 Å². The first-order chi connectivity index (χ1) is 17.0. The third-order valence-corrected chi connectivity index (χ3v) is 6.83. The Kier molecular flexibility index (Phi) is 5.04. The molecule has 1 atom stereocenters. The molecule has 35 heavy (non-hydrogen) atoms. The summed E-state index contributed by atoms with van der Waals surface area (Å²) in [7, 11) is 0. The predicted octanol–water partition coefficient (Wildman–Crippen LogP) is 4.20. The summed E-state index contributed by atoms with van der Waals surface area (Å²) in [6, 6.07) is 18.2. The SMILES string of the molecule is Nc1nc(N2CCC[C@H]2c2cc3cccc(Cl)c3c(=O)n2-c2ccccc2)c2c(=O)cc[nH]c2n1. The van der Waals surface area contributed by atoms with Gasteiger partial charge in [-0.3, -0.25) is 14.2 Å². The van der Waals surface area contributed by atoms with Gasteiger partial charge >= 0.3 is 0 Å². The van der Waals surface area contributed by atoms with Gasteiger partial charge in [-0.25, -0.2) is 0 Å². The average molecular weight is 485 g/mol. The zero-order valence-electron chi connectivity index (χ0n) is 18.6. The number of rotatable bonds is 3. The van der Waals surface area contributed by atoms with E-state index in [9.17, 15) is 9.59 Å². The van der Waals surface area contributed by atoms with Crippen LogP contribution in [0.2, 0.25) is 5.02 Å². The first-order valence-electron chi connectivity index (χ1n) is 11.3. The Bertz CT molecular complexity index is 1710. The Hall–Kier alpha value is -4.17. The number of aromatic amines is 1. The Morgan fingerprint density at radius 2 is 1.83 bits per heavy atom. The summed E-state index contributed by atoms with van der Waals surface area (Å²) in [5, 5.41) is 2.03. The third kappa shape index (κ3) is 3.45. The molecule has 0 unspecified atom stereocenters. The molecule has 9 heteroatoms. The van der Waals surface area contributed by atoms with E-state index in [1.54, 1.807) is 16.8 Å². The molecule has 6 rings (SSSR count). The number of nitrogens with two attached hydrogens (primary N) is 1. The van der Waals surface area contributed by atoms with Crippen molar-refractivity contribution in [3.05, 3.63) is 98.2 Å². The fraction of sp³-hybridized carbons (Fsp3) is 0.154. The predicted molar refractivity (Wildman–Crippen MR) is 138 cm³/mol. The van der Waals surface area contributed by atoms with Crippen LogP contribution in [0, 0.1) is 0 Å². The molecule has 0 saturated carbocycles. The molecular weight excluding hydrogens is 464 g/mol. The number of pyridine rings is 2. The second-order valence-corrected chi connectivity index (χ2v) is 8.98. The van der Waals surface area contributed by atoms with Crippen LogP contribution < -0.4 is 21.6 Å². The van der Waals surface area contributed by atoms with E-state index in [2.05, 4.69) is 19.9 Å². The summed E-state index contributed by atoms with van der Waals surface area (Å²) >= 11 is 6.47. The molecule has 8 nitrogen and oxygen atoms in total. The summed E-state index contributed by atoms with van der Waals surface area (Å²) in [6.07, 6.45) is 3.17. The largest absolute Gasteiger partial charge is 0.368 e. The van der Waals surface area contributed by atoms with E-state index in [1.165, 1.54) is 6.07 Å². The Morgan fingerprint density at radius 3 is 2.66 bits per heavy atom. The van der Waals surface area contributed by atoms with Crippen LogP contribution >= 0.6 is 11.6 Å². The van der Waals surface area contributed by atoms with Gasteiger partial charge < -0.3 is 15.6 Å². The lowest BCUT2D eigenvalue weighted by Crippen LogP contribution is -2.31. The summed E-state index contributed by atoms with van der Waals surface area (Å²) in [5.41, 5.74) is 7.57. The highest BCUT2D eigenvalue weighted by Crippen LogP contribution is 2.38. The summed E-state index contributed by atoms with van der Waals surface area (Å²) in [4.78, 5) is 40.4. The van der Waals surface area contributed by atoms with E-state index < -0.39 is 0 Å². The second-order valence-electron chi connectivity index (χ2n) is 8.57. The van der Waals surface area contributed by atoms with Crippen LogP contribution in [0.3, 0.4) is 0 Å². The van der Waals surface area contributed by atoms with Crippen molar-refractivity contribution in [2.24, 2.45) is 0 Å². The fourth-order valence-electron chi connectivity index (χ4n) is 5.04. The van der Waals surface area contributed by atoms with Crippen molar-refractivity contribution in [3.8, 4) is 5.69 Å². The van der Waals surface area contributed by atoms with E-state index in [-0.39, 0.29) is 23.0 Å². The molecule has 1 saturated heterocycles. The van der Waals surface area contributed by atoms with Gasteiger partial charge in [-0.15, -0.1) is 0 Å². The molecule has 3 N–H and O–H groups in total. The number of aromatic nitrogens is 4. The molecule has 2 aromatic carbocycles. The van der Waals surface area contributed by atoms with Crippen LogP contribution in [0.1, 0.15) is 24.6 Å². The summed E-state index contributed by atoms with van der Waals surface area (Å²) < 4.78 is 1.72. The standard InChI is InChI=1S/C26H21ClN6O2/c27-17-9-4-6-15-14-19(33(25(35)21(15)17)16-7-2-1-3-8-16)18-10-5-13-32(18)24-22-20(34)11-12-29-23(22)30-26(28)31-24/h1-4,6-9,11-12,14,18H,5,10,13H2,(H3,28,29,30,31,34)/t18-/m0/s1. The van der Waals surface area contributed by atoms with Gasteiger partial charge in [0.1, 0.15) is 16.9 Å². The first kappa shape index (κ1) is 21.4. The molecule has 1 aliphatic heterocycles. The number of anilines is 2. The van der Waals surface area contributed by atoms with Gasteiger partial charge in [-0.2, -0.15) is 9.97 Å². The lowest BCUT2D eigenvalue weighted by molar-refractivity contribution is 0.662. The number of fused-ring (bicyclic) bond motifs is 2. The Labute approximate surface area is 204 Å². The molecule has 4 heterocycles. The van der Waals surface area contributed by atoms with Gasteiger partial charge in [0.25, 0.3) is 5.56 Å². The van der Waals surface area contributed by atoms with Crippen molar-refractivity contribution >= 4 is 45.2 Å². The zero-order chi connectivity index (χ0) is 24.1. The molecular formula is C26H21ClN6O2. The van der Waals surface area contributed by atoms with E-state index in [0.717, 1.165) is 29.6 Å². The zero-order valence-corrected chi connectivity index (χ0v) is 19.4. The number of hydrogen-bond donors (Lipinski definition) is 2. The minimum Gasteiger partial charge on any atom is -0.368 e. The van der Waals surface area contributed by atoms with Gasteiger partial charge in [0.05, 0.1) is 16.5 Å². The van der Waals surface area contributed by atoms with Crippen LogP contribution in [0.4, 0.5) is 11.8 Å². The van der Waals surface area contributed by atoms with Crippen LogP contribution in [-0.4, -0.2) is 26.1 Å². The molecule has 0 radical (unpaired) electrons. The fourth-order valence-corrected chi connectivity index (χ4v) is 5.30. The number of nitrogens with one attached hydrogen (secondary N) is 1. The van der Waals surface area contributed by atoms with Crippen LogP contribution in [0.25, 0.3) is 27.5 Å². The van der Waals surface area contributed by atoms with Gasteiger partial charge in [0, 0.05) is 30.2 Å². The number of nitrogen functional groups attached to an aromatic ring is 1. The topological polar surface area (TPSA) is 110 Å². The number of hydrogen-bond acceptors (Lipinski definition) is 6. The monoisotopic (exact) mass is 484 g/mol. The molecule has 0 bridgehead atoms. The Balaban J connectivity index is 1.64. The van der Waals surface area contributed by atoms with Gasteiger partial charge in [0.2, 0.25) is 5.95 Å². The summed E-state index contributed by atoms with van der Waals surface area (Å²) in [6.45, 7) is 0.654. The maximum atomic E-state index is 13.9. The van der Waals surface area contributed by atoms with Crippen LogP contribution in [-0.2, 0) is 0 Å². The minimum atomic E-state index is -0.219. The molecule has 5 aromatic rings. The number of H-pyrrole nitrogens is 1. The highest BCUT2D eigenvalue weighted by atomic mass is 35.5. The molecule has 1 aliphatic rings. The molecule has 0 amide bonds. The molecule has 1 fully saturated rings. The average Bonchev–Trinajstić information content (AvgIpc) is 3.33. The van der Waals surface area contributed by atoms with Crippen LogP contribution in [0.5, 0.6) is 0 Å². The van der Waals surface area contributed by atoms with Crippen molar-refractivity contribution in [2.75, 3.05) is 17.2 Å². The highest BCUT2D eigenvalue weighted by molar-refractivity contribution is 6.35. The minimum absolute atomic E-state index is 0.0748. The Morgan fingerprint density at radius 1 is 1.00 bits per heavy atom. The third-order valence-electron chi connectivity index (χ3n) is 6.51. The van der Waals surface area contributed by atoms with Gasteiger partial charge in [-0.1, -0.05) is 41.9 Å². The number of para-hydroxylation sites is 1. The molecule has 174 valence electrons. The van der Waals surface area contributed by atoms with Crippen molar-refractivity contribution in [1.29, 1.82) is 0 Å². The van der Waals surface area contributed by atoms with Gasteiger partial charge in [0.15, 0.2) is 5.43 Å². The quantitative estimate of drug-likeness (QED) is 0.397. The van der Waals surface area contributed by atoms with Crippen molar-refractivity contribution in [1.82, 2.24) is 19.5 Å². The lowest BCUT2D eigenvalue weighted by Gasteiger charge is -2.29. The lowest BCUT2D eigenvalue weighted by atomic mass is 10.0. The van der Waals surface area contributed by atoms with Crippen molar-refractivity contribution < 1.29 is 0 Å². The number of benzene rings is 2. The van der Waals surface area contributed by atoms with Crippen LogP contribution in [0.15, 0.2) is 76.4 Å². The molecule has 0 aliphatic carbocycles. The van der Waals surface area contributed by atoms with Gasteiger partial charge in [-0.05, 0) is 42.5 Å². The molecule has 0 spiro atoms. The number of nitrogens with zero attached hydrogens (tertiary/aromatic N) is 4.